The van der Waals surface area contributed by atoms with E-state index in [2.05, 4.69) is 0 Å². The van der Waals surface area contributed by atoms with E-state index < -0.39 is 57.1 Å². The monoisotopic (exact) mass is 397 g/mol. The minimum Gasteiger partial charge on any atom is -0.464 e. The second-order valence-electron chi connectivity index (χ2n) is 6.00. The van der Waals surface area contributed by atoms with Gasteiger partial charge in [-0.25, -0.2) is 4.79 Å². The first-order valence-electron chi connectivity index (χ1n) is 7.95. The molecule has 1 aromatic carbocycles. The van der Waals surface area contributed by atoms with Crippen LogP contribution in [-0.4, -0.2) is 46.6 Å². The largest absolute Gasteiger partial charge is 0.464 e. The highest BCUT2D eigenvalue weighted by atomic mass is 35.5. The van der Waals surface area contributed by atoms with Crippen molar-refractivity contribution in [2.24, 2.45) is 5.92 Å². The third-order valence-electron chi connectivity index (χ3n) is 4.18. The zero-order valence-corrected chi connectivity index (χ0v) is 15.4. The van der Waals surface area contributed by atoms with E-state index in [9.17, 15) is 29.3 Å². The first-order chi connectivity index (χ1) is 12.5. The highest BCUT2D eigenvalue weighted by Gasteiger charge is 2.58. The van der Waals surface area contributed by atoms with Gasteiger partial charge in [-0.1, -0.05) is 11.6 Å². The van der Waals surface area contributed by atoms with E-state index in [1.54, 1.807) is 0 Å². The van der Waals surface area contributed by atoms with Gasteiger partial charge in [0, 0.05) is 11.1 Å². The van der Waals surface area contributed by atoms with Crippen LogP contribution in [0.2, 0.25) is 5.02 Å². The molecular formula is C17H16ClNO8. The van der Waals surface area contributed by atoms with Crippen LogP contribution in [0.4, 0.5) is 5.69 Å². The number of benzene rings is 1. The summed E-state index contributed by atoms with van der Waals surface area (Å²) in [5.74, 6) is -6.09. The maximum atomic E-state index is 12.9. The van der Waals surface area contributed by atoms with Crippen molar-refractivity contribution in [1.82, 2.24) is 0 Å². The smallest absolute Gasteiger partial charge is 0.346 e. The predicted molar refractivity (Wildman–Crippen MR) is 91.5 cm³/mol. The lowest BCUT2D eigenvalue weighted by Gasteiger charge is -2.36. The number of ether oxygens (including phenoxy) is 2. The van der Waals surface area contributed by atoms with Gasteiger partial charge >= 0.3 is 5.97 Å². The highest BCUT2D eigenvalue weighted by Crippen LogP contribution is 2.33. The van der Waals surface area contributed by atoms with Crippen LogP contribution in [0.25, 0.3) is 0 Å². The van der Waals surface area contributed by atoms with E-state index in [1.165, 1.54) is 19.9 Å². The maximum absolute atomic E-state index is 12.9. The van der Waals surface area contributed by atoms with Crippen molar-refractivity contribution in [3.8, 4) is 0 Å². The molecule has 0 radical (unpaired) electrons. The molecule has 1 aliphatic heterocycles. The number of ketones is 3. The number of hydrogen-bond donors (Lipinski definition) is 0. The summed E-state index contributed by atoms with van der Waals surface area (Å²) in [6.07, 6.45) is -1.27. The lowest BCUT2D eigenvalue weighted by Crippen LogP contribution is -2.61. The van der Waals surface area contributed by atoms with Gasteiger partial charge in [-0.15, -0.1) is 0 Å². The van der Waals surface area contributed by atoms with Crippen LogP contribution < -0.4 is 0 Å². The first kappa shape index (κ1) is 20.7. The van der Waals surface area contributed by atoms with E-state index in [0.29, 0.717) is 0 Å². The number of nitro benzene ring substituents is 1. The molecule has 1 aliphatic rings. The molecule has 2 rings (SSSR count). The number of halogens is 1. The third kappa shape index (κ3) is 3.60. The molecule has 0 aliphatic carbocycles. The Balaban J connectivity index is 2.54. The number of Topliss-reactive ketones (excluding diaryl/α,β-unsaturated/α-hetero) is 3. The van der Waals surface area contributed by atoms with Gasteiger partial charge in [0.1, 0.15) is 12.0 Å². The van der Waals surface area contributed by atoms with Crippen LogP contribution in [-0.2, 0) is 23.9 Å². The molecule has 9 nitrogen and oxygen atoms in total. The molecule has 3 unspecified atom stereocenters. The fourth-order valence-electron chi connectivity index (χ4n) is 2.79. The Morgan fingerprint density at radius 2 is 2.00 bits per heavy atom. The topological polar surface area (TPSA) is 130 Å². The van der Waals surface area contributed by atoms with E-state index in [0.717, 1.165) is 19.1 Å². The quantitative estimate of drug-likeness (QED) is 0.242. The zero-order valence-electron chi connectivity index (χ0n) is 14.7. The third-order valence-corrected chi connectivity index (χ3v) is 4.41. The van der Waals surface area contributed by atoms with Crippen LogP contribution in [0.15, 0.2) is 18.2 Å². The standard InChI is InChI=1S/C17H16ClNO8/c1-4-26-16(23)17(3)15(22)12(13(20)8(2)27-17)14(21)10-6-5-9(18)7-11(10)19(24)25/h5-8,12H,4H2,1-3H3. The molecule has 144 valence electrons. The fourth-order valence-corrected chi connectivity index (χ4v) is 2.96. The van der Waals surface area contributed by atoms with E-state index in [-0.39, 0.29) is 11.6 Å². The minimum atomic E-state index is -2.18. The molecule has 27 heavy (non-hydrogen) atoms. The van der Waals surface area contributed by atoms with Gasteiger partial charge < -0.3 is 9.47 Å². The van der Waals surface area contributed by atoms with Gasteiger partial charge in [-0.05, 0) is 32.9 Å². The Morgan fingerprint density at radius 3 is 2.56 bits per heavy atom. The number of nitro groups is 1. The van der Waals surface area contributed by atoms with Gasteiger partial charge in [0.25, 0.3) is 5.69 Å². The SMILES string of the molecule is CCOC(=O)C1(C)OC(C)C(=O)C(C(=O)c2ccc(Cl)cc2[N+](=O)[O-])C1=O. The van der Waals surface area contributed by atoms with E-state index in [4.69, 9.17) is 21.1 Å². The Hall–Kier alpha value is -2.65. The molecule has 1 heterocycles. The van der Waals surface area contributed by atoms with Gasteiger partial charge in [0.05, 0.1) is 17.1 Å². The predicted octanol–water partition coefficient (Wildman–Crippen LogP) is 1.93. The molecule has 0 bridgehead atoms. The summed E-state index contributed by atoms with van der Waals surface area (Å²) >= 11 is 5.72. The molecule has 10 heteroatoms. The summed E-state index contributed by atoms with van der Waals surface area (Å²) in [4.78, 5) is 60.7. The Bertz CT molecular complexity index is 851. The van der Waals surface area contributed by atoms with Crippen LogP contribution in [0, 0.1) is 16.0 Å². The van der Waals surface area contributed by atoms with E-state index >= 15 is 0 Å². The normalized spacial score (nSPS) is 25.2. The van der Waals surface area contributed by atoms with Gasteiger partial charge in [-0.3, -0.25) is 24.5 Å². The minimum absolute atomic E-state index is 0.00705. The van der Waals surface area contributed by atoms with Crippen molar-refractivity contribution in [3.63, 3.8) is 0 Å². The van der Waals surface area contributed by atoms with Crippen LogP contribution in [0.3, 0.4) is 0 Å². The Kier molecular flexibility index (Phi) is 5.76. The average Bonchev–Trinajstić information content (AvgIpc) is 2.60. The molecule has 0 spiro atoms. The fraction of sp³-hybridized carbons (Fsp3) is 0.412. The Labute approximate surface area is 158 Å². The van der Waals surface area contributed by atoms with Crippen LogP contribution >= 0.6 is 11.6 Å². The number of hydrogen-bond acceptors (Lipinski definition) is 8. The van der Waals surface area contributed by atoms with E-state index in [1.807, 2.05) is 0 Å². The lowest BCUT2D eigenvalue weighted by molar-refractivity contribution is -0.385. The van der Waals surface area contributed by atoms with Crippen molar-refractivity contribution < 1.29 is 33.6 Å². The summed E-state index contributed by atoms with van der Waals surface area (Å²) in [5.41, 5.74) is -3.29. The van der Waals surface area contributed by atoms with Gasteiger partial charge in [0.15, 0.2) is 17.3 Å². The van der Waals surface area contributed by atoms with Gasteiger partial charge in [0.2, 0.25) is 5.60 Å². The number of nitrogens with zero attached hydrogens (tertiary/aromatic N) is 1. The first-order valence-corrected chi connectivity index (χ1v) is 8.33. The van der Waals surface area contributed by atoms with Crippen molar-refractivity contribution in [3.05, 3.63) is 38.9 Å². The summed E-state index contributed by atoms with van der Waals surface area (Å²) in [5, 5.41) is 11.2. The van der Waals surface area contributed by atoms with Gasteiger partial charge in [-0.2, -0.15) is 0 Å². The zero-order chi connectivity index (χ0) is 20.5. The number of carbonyl (C=O) groups is 4. The molecule has 0 saturated carbocycles. The molecule has 3 atom stereocenters. The number of rotatable bonds is 5. The van der Waals surface area contributed by atoms with Crippen molar-refractivity contribution in [2.75, 3.05) is 6.61 Å². The summed E-state index contributed by atoms with van der Waals surface area (Å²) < 4.78 is 10.1. The molecule has 1 saturated heterocycles. The second-order valence-corrected chi connectivity index (χ2v) is 6.43. The molecule has 0 N–H and O–H groups in total. The van der Waals surface area contributed by atoms with Crippen molar-refractivity contribution in [2.45, 2.75) is 32.5 Å². The molecule has 1 fully saturated rings. The summed E-state index contributed by atoms with van der Waals surface area (Å²) in [6.45, 7) is 3.85. The second kappa shape index (κ2) is 7.53. The van der Waals surface area contributed by atoms with Crippen molar-refractivity contribution in [1.29, 1.82) is 0 Å². The number of esters is 1. The average molecular weight is 398 g/mol. The molecular weight excluding hydrogens is 382 g/mol. The molecule has 1 aromatic rings. The molecule has 0 aromatic heterocycles. The summed E-state index contributed by atoms with van der Waals surface area (Å²) in [7, 11) is 0. The Morgan fingerprint density at radius 1 is 1.37 bits per heavy atom. The number of carbonyl (C=O) groups excluding carboxylic acids is 4. The van der Waals surface area contributed by atoms with Crippen LogP contribution in [0.1, 0.15) is 31.1 Å². The highest BCUT2D eigenvalue weighted by molar-refractivity contribution is 6.33. The molecule has 0 amide bonds. The summed E-state index contributed by atoms with van der Waals surface area (Å²) in [6, 6.07) is 3.23. The maximum Gasteiger partial charge on any atom is 0.346 e. The van der Waals surface area contributed by atoms with Crippen molar-refractivity contribution >= 4 is 40.6 Å². The van der Waals surface area contributed by atoms with Crippen LogP contribution in [0.5, 0.6) is 0 Å². The lowest BCUT2D eigenvalue weighted by atomic mass is 9.78.